The van der Waals surface area contributed by atoms with E-state index >= 15 is 0 Å². The van der Waals surface area contributed by atoms with Crippen molar-refractivity contribution in [2.45, 2.75) is 6.42 Å². The molecule has 114 valence electrons. The molecule has 4 nitrogen and oxygen atoms in total. The third-order valence-corrected chi connectivity index (χ3v) is 3.79. The van der Waals surface area contributed by atoms with Gasteiger partial charge in [-0.1, -0.05) is 30.3 Å². The van der Waals surface area contributed by atoms with Gasteiger partial charge in [-0.2, -0.15) is 0 Å². The summed E-state index contributed by atoms with van der Waals surface area (Å²) in [4.78, 5) is 11.4. The van der Waals surface area contributed by atoms with Gasteiger partial charge < -0.3 is 13.6 Å². The van der Waals surface area contributed by atoms with Crippen LogP contribution in [0.25, 0.3) is 21.9 Å². The van der Waals surface area contributed by atoms with Crippen LogP contribution >= 0.6 is 0 Å². The van der Waals surface area contributed by atoms with Crippen molar-refractivity contribution in [2.24, 2.45) is 0 Å². The molecule has 4 aromatic rings. The molecule has 0 aliphatic rings. The Morgan fingerprint density at radius 1 is 0.913 bits per heavy atom. The first-order valence-corrected chi connectivity index (χ1v) is 7.42. The Labute approximate surface area is 131 Å². The molecule has 0 aliphatic carbocycles. The fraction of sp³-hybridized carbons (Fsp3) is 0.105. The number of furan rings is 1. The molecule has 2 heterocycles. The fourth-order valence-electron chi connectivity index (χ4n) is 2.68. The van der Waals surface area contributed by atoms with Gasteiger partial charge in [-0.15, -0.1) is 0 Å². The summed E-state index contributed by atoms with van der Waals surface area (Å²) < 4.78 is 16.7. The molecule has 0 atom stereocenters. The molecule has 0 N–H and O–H groups in total. The number of fused-ring (bicyclic) bond motifs is 2. The van der Waals surface area contributed by atoms with Crippen LogP contribution in [0, 0.1) is 0 Å². The Hall–Kier alpha value is -3.01. The van der Waals surface area contributed by atoms with Gasteiger partial charge in [-0.25, -0.2) is 4.79 Å². The minimum Gasteiger partial charge on any atom is -0.492 e. The van der Waals surface area contributed by atoms with Gasteiger partial charge in [0.05, 0.1) is 23.6 Å². The zero-order valence-electron chi connectivity index (χ0n) is 12.3. The first-order chi connectivity index (χ1) is 11.3. The number of hydrogen-bond acceptors (Lipinski definition) is 4. The monoisotopic (exact) mass is 306 g/mol. The third-order valence-electron chi connectivity index (χ3n) is 3.79. The van der Waals surface area contributed by atoms with Gasteiger partial charge in [0.1, 0.15) is 16.9 Å². The van der Waals surface area contributed by atoms with E-state index in [4.69, 9.17) is 13.6 Å². The van der Waals surface area contributed by atoms with Crippen LogP contribution < -0.4 is 10.4 Å². The highest BCUT2D eigenvalue weighted by atomic mass is 16.5. The predicted molar refractivity (Wildman–Crippen MR) is 87.9 cm³/mol. The van der Waals surface area contributed by atoms with Crippen molar-refractivity contribution in [1.29, 1.82) is 0 Å². The first-order valence-electron chi connectivity index (χ1n) is 7.42. The molecule has 0 aliphatic heterocycles. The topological polar surface area (TPSA) is 52.6 Å². The van der Waals surface area contributed by atoms with Crippen LogP contribution in [0.5, 0.6) is 5.75 Å². The van der Waals surface area contributed by atoms with Gasteiger partial charge in [0, 0.05) is 18.6 Å². The molecule has 2 aromatic heterocycles. The summed E-state index contributed by atoms with van der Waals surface area (Å²) in [5.41, 5.74) is 1.93. The first kappa shape index (κ1) is 13.6. The van der Waals surface area contributed by atoms with Crippen molar-refractivity contribution in [3.63, 3.8) is 0 Å². The van der Waals surface area contributed by atoms with Crippen molar-refractivity contribution in [3.05, 3.63) is 76.8 Å². The minimum absolute atomic E-state index is 0.390. The van der Waals surface area contributed by atoms with E-state index in [1.54, 1.807) is 18.4 Å². The van der Waals surface area contributed by atoms with Gasteiger partial charge in [-0.05, 0) is 17.7 Å². The quantitative estimate of drug-likeness (QED) is 0.531. The summed E-state index contributed by atoms with van der Waals surface area (Å²) >= 11 is 0. The second-order valence-electron chi connectivity index (χ2n) is 5.29. The van der Waals surface area contributed by atoms with E-state index in [1.807, 2.05) is 24.3 Å². The lowest BCUT2D eigenvalue weighted by molar-refractivity contribution is 0.329. The number of benzene rings is 2. The van der Waals surface area contributed by atoms with Crippen LogP contribution in [0.4, 0.5) is 0 Å². The molecular formula is C19H14O4. The highest BCUT2D eigenvalue weighted by molar-refractivity contribution is 6.01. The lowest BCUT2D eigenvalue weighted by atomic mass is 10.1. The van der Waals surface area contributed by atoms with Crippen molar-refractivity contribution in [1.82, 2.24) is 0 Å². The molecule has 4 heteroatoms. The Balaban J connectivity index is 1.71. The van der Waals surface area contributed by atoms with E-state index in [0.29, 0.717) is 23.5 Å². The summed E-state index contributed by atoms with van der Waals surface area (Å²) in [6.45, 7) is 0.530. The highest BCUT2D eigenvalue weighted by Crippen LogP contribution is 2.35. The van der Waals surface area contributed by atoms with Gasteiger partial charge in [0.25, 0.3) is 0 Å². The summed E-state index contributed by atoms with van der Waals surface area (Å²) in [5, 5.41) is 1.64. The maximum atomic E-state index is 11.4. The number of hydrogen-bond donors (Lipinski definition) is 0. The molecule has 0 fully saturated rings. The molecule has 0 spiro atoms. The van der Waals surface area contributed by atoms with E-state index < -0.39 is 5.63 Å². The smallest absolute Gasteiger partial charge is 0.336 e. The van der Waals surface area contributed by atoms with E-state index in [9.17, 15) is 4.79 Å². The van der Waals surface area contributed by atoms with E-state index in [2.05, 4.69) is 12.1 Å². The fourth-order valence-corrected chi connectivity index (χ4v) is 2.68. The molecule has 23 heavy (non-hydrogen) atoms. The Kier molecular flexibility index (Phi) is 3.35. The van der Waals surface area contributed by atoms with Crippen LogP contribution in [0.3, 0.4) is 0 Å². The number of rotatable bonds is 4. The molecule has 0 amide bonds. The normalized spacial score (nSPS) is 11.1. The maximum Gasteiger partial charge on any atom is 0.336 e. The molecule has 0 unspecified atom stereocenters. The number of ether oxygens (including phenoxy) is 1. The summed E-state index contributed by atoms with van der Waals surface area (Å²) in [6.07, 6.45) is 2.40. The average molecular weight is 306 g/mol. The lowest BCUT2D eigenvalue weighted by Gasteiger charge is -2.10. The summed E-state index contributed by atoms with van der Waals surface area (Å²) in [6, 6.07) is 16.9. The minimum atomic E-state index is -0.390. The summed E-state index contributed by atoms with van der Waals surface area (Å²) in [5.74, 6) is 0.686. The van der Waals surface area contributed by atoms with Gasteiger partial charge in [-0.3, -0.25) is 0 Å². The Morgan fingerprint density at radius 2 is 1.74 bits per heavy atom. The molecular weight excluding hydrogens is 292 g/mol. The van der Waals surface area contributed by atoms with E-state index in [1.165, 1.54) is 11.6 Å². The van der Waals surface area contributed by atoms with Gasteiger partial charge in [0.2, 0.25) is 0 Å². The third kappa shape index (κ3) is 2.59. The molecule has 0 bridgehead atoms. The largest absolute Gasteiger partial charge is 0.492 e. The van der Waals surface area contributed by atoms with E-state index in [-0.39, 0.29) is 0 Å². The Bertz CT molecular complexity index is 1010. The molecule has 0 radical (unpaired) electrons. The SMILES string of the molecule is O=c1ccc2c(OCCc3ccccc3)c3ccoc3cc2o1. The zero-order valence-corrected chi connectivity index (χ0v) is 12.3. The van der Waals surface area contributed by atoms with Crippen LogP contribution in [0.2, 0.25) is 0 Å². The standard InChI is InChI=1S/C19H14O4/c20-18-7-6-14-17(23-18)12-16-15(9-11-21-16)19(14)22-10-8-13-4-2-1-3-5-13/h1-7,9,11-12H,8,10H2. The van der Waals surface area contributed by atoms with Crippen molar-refractivity contribution in [3.8, 4) is 5.75 Å². The zero-order chi connectivity index (χ0) is 15.6. The molecule has 0 saturated carbocycles. The van der Waals surface area contributed by atoms with Crippen LogP contribution in [-0.2, 0) is 6.42 Å². The average Bonchev–Trinajstić information content (AvgIpc) is 3.03. The van der Waals surface area contributed by atoms with Crippen LogP contribution in [0.15, 0.2) is 74.5 Å². The van der Waals surface area contributed by atoms with Crippen molar-refractivity contribution >= 4 is 21.9 Å². The second-order valence-corrected chi connectivity index (χ2v) is 5.29. The highest BCUT2D eigenvalue weighted by Gasteiger charge is 2.13. The van der Waals surface area contributed by atoms with Crippen LogP contribution in [0.1, 0.15) is 5.56 Å². The molecule has 4 rings (SSSR count). The van der Waals surface area contributed by atoms with Gasteiger partial charge in [0.15, 0.2) is 0 Å². The molecule has 2 aromatic carbocycles. The second kappa shape index (κ2) is 5.65. The summed E-state index contributed by atoms with van der Waals surface area (Å²) in [7, 11) is 0. The maximum absolute atomic E-state index is 11.4. The van der Waals surface area contributed by atoms with E-state index in [0.717, 1.165) is 17.2 Å². The van der Waals surface area contributed by atoms with Gasteiger partial charge >= 0.3 is 5.63 Å². The van der Waals surface area contributed by atoms with Crippen molar-refractivity contribution < 1.29 is 13.6 Å². The lowest BCUT2D eigenvalue weighted by Crippen LogP contribution is -2.03. The Morgan fingerprint density at radius 3 is 2.61 bits per heavy atom. The van der Waals surface area contributed by atoms with Crippen molar-refractivity contribution in [2.75, 3.05) is 6.61 Å². The van der Waals surface area contributed by atoms with Crippen LogP contribution in [-0.4, -0.2) is 6.61 Å². The molecule has 0 saturated heterocycles. The predicted octanol–water partition coefficient (Wildman–Crippen LogP) is 4.16.